The van der Waals surface area contributed by atoms with Crippen LogP contribution in [-0.2, 0) is 0 Å². The lowest BCUT2D eigenvalue weighted by atomic mass is 10.0. The van der Waals surface area contributed by atoms with E-state index >= 15 is 0 Å². The van der Waals surface area contributed by atoms with Crippen LogP contribution in [0.25, 0.3) is 21.3 Å². The molecular weight excluding hydrogens is 352 g/mol. The van der Waals surface area contributed by atoms with E-state index in [4.69, 9.17) is 4.74 Å². The van der Waals surface area contributed by atoms with E-state index in [1.807, 2.05) is 0 Å². The number of thiophene rings is 1. The Hall–Kier alpha value is -2.72. The number of fused-ring (bicyclic) bond motifs is 1. The van der Waals surface area contributed by atoms with E-state index in [0.29, 0.717) is 11.8 Å². The molecule has 0 bridgehead atoms. The summed E-state index contributed by atoms with van der Waals surface area (Å²) in [4.78, 5) is 9.83. The average Bonchev–Trinajstić information content (AvgIpc) is 3.07. The number of hydrogen-bond acceptors (Lipinski definition) is 4. The minimum Gasteiger partial charge on any atom is -0.438 e. The van der Waals surface area contributed by atoms with E-state index in [0.717, 1.165) is 27.1 Å². The molecule has 0 radical (unpaired) electrons. The third-order valence-electron chi connectivity index (χ3n) is 4.65. The van der Waals surface area contributed by atoms with Crippen LogP contribution in [0.4, 0.5) is 0 Å². The zero-order valence-corrected chi connectivity index (χ0v) is 16.8. The van der Waals surface area contributed by atoms with Gasteiger partial charge in [0.1, 0.15) is 16.9 Å². The molecule has 0 saturated heterocycles. The van der Waals surface area contributed by atoms with Crippen molar-refractivity contribution in [2.45, 2.75) is 33.6 Å². The lowest BCUT2D eigenvalue weighted by Gasteiger charge is -2.12. The van der Waals surface area contributed by atoms with Crippen molar-refractivity contribution in [2.24, 2.45) is 0 Å². The summed E-state index contributed by atoms with van der Waals surface area (Å²) < 4.78 is 6.26. The van der Waals surface area contributed by atoms with Gasteiger partial charge in [0, 0.05) is 10.9 Å². The molecule has 0 N–H and O–H groups in total. The van der Waals surface area contributed by atoms with Crippen molar-refractivity contribution in [1.82, 2.24) is 9.97 Å². The van der Waals surface area contributed by atoms with E-state index in [9.17, 15) is 0 Å². The number of nitrogens with zero attached hydrogens (tertiary/aromatic N) is 2. The first-order valence-electron chi connectivity index (χ1n) is 9.10. The highest BCUT2D eigenvalue weighted by molar-refractivity contribution is 7.17. The van der Waals surface area contributed by atoms with Crippen LogP contribution >= 0.6 is 11.3 Å². The maximum Gasteiger partial charge on any atom is 0.231 e. The number of hydrogen-bond donors (Lipinski definition) is 0. The van der Waals surface area contributed by atoms with E-state index < -0.39 is 0 Å². The lowest BCUT2D eigenvalue weighted by molar-refractivity contribution is 0.467. The summed E-state index contributed by atoms with van der Waals surface area (Å²) in [6.45, 7) is 8.57. The summed E-state index contributed by atoms with van der Waals surface area (Å²) in [7, 11) is 0. The summed E-state index contributed by atoms with van der Waals surface area (Å²) >= 11 is 1.62. The second-order valence-corrected chi connectivity index (χ2v) is 8.07. The fourth-order valence-corrected chi connectivity index (χ4v) is 4.06. The third-order valence-corrected chi connectivity index (χ3v) is 5.54. The van der Waals surface area contributed by atoms with Crippen molar-refractivity contribution in [2.75, 3.05) is 0 Å². The fourth-order valence-electron chi connectivity index (χ4n) is 3.15. The van der Waals surface area contributed by atoms with Crippen LogP contribution in [0.2, 0.25) is 0 Å². The Morgan fingerprint density at radius 3 is 2.44 bits per heavy atom. The van der Waals surface area contributed by atoms with Gasteiger partial charge in [0.15, 0.2) is 0 Å². The van der Waals surface area contributed by atoms with Crippen molar-refractivity contribution in [3.05, 3.63) is 70.9 Å². The van der Waals surface area contributed by atoms with Crippen molar-refractivity contribution in [3.63, 3.8) is 0 Å². The standard InChI is InChI=1S/C23H22N2OS/c1-14(2)18-9-16(4)10-19(11-18)26-22-21-20(12-27-23(21)25-13-24-22)17-7-5-15(3)6-8-17/h5-14H,1-4H3. The van der Waals surface area contributed by atoms with Crippen LogP contribution in [-0.4, -0.2) is 9.97 Å². The maximum absolute atomic E-state index is 6.26. The van der Waals surface area contributed by atoms with Crippen molar-refractivity contribution >= 4 is 21.6 Å². The number of rotatable bonds is 4. The summed E-state index contributed by atoms with van der Waals surface area (Å²) in [5.41, 5.74) is 5.96. The molecule has 27 heavy (non-hydrogen) atoms. The largest absolute Gasteiger partial charge is 0.438 e. The quantitative estimate of drug-likeness (QED) is 0.390. The highest BCUT2D eigenvalue weighted by atomic mass is 32.1. The fraction of sp³-hybridized carbons (Fsp3) is 0.217. The van der Waals surface area contributed by atoms with E-state index in [2.05, 4.69) is 85.5 Å². The molecule has 2 aromatic carbocycles. The highest BCUT2D eigenvalue weighted by Gasteiger charge is 2.15. The average molecular weight is 375 g/mol. The van der Waals surface area contributed by atoms with Gasteiger partial charge < -0.3 is 4.74 Å². The molecule has 0 saturated carbocycles. The zero-order valence-electron chi connectivity index (χ0n) is 16.0. The van der Waals surface area contributed by atoms with Gasteiger partial charge in [-0.1, -0.05) is 49.7 Å². The number of aromatic nitrogens is 2. The molecule has 4 aromatic rings. The Labute approximate surface area is 163 Å². The number of benzene rings is 2. The molecule has 0 unspecified atom stereocenters. The van der Waals surface area contributed by atoms with Gasteiger partial charge in [-0.05, 0) is 48.6 Å². The normalized spacial score (nSPS) is 11.3. The molecule has 136 valence electrons. The van der Waals surface area contributed by atoms with Gasteiger partial charge in [0.25, 0.3) is 0 Å². The molecule has 0 aliphatic carbocycles. The van der Waals surface area contributed by atoms with Crippen molar-refractivity contribution in [1.29, 1.82) is 0 Å². The highest BCUT2D eigenvalue weighted by Crippen LogP contribution is 2.39. The second-order valence-electron chi connectivity index (χ2n) is 7.21. The summed E-state index contributed by atoms with van der Waals surface area (Å²) in [5, 5.41) is 3.10. The Bertz CT molecular complexity index is 1100. The molecule has 4 heteroatoms. The molecule has 0 aliphatic rings. The molecule has 2 aromatic heterocycles. The van der Waals surface area contributed by atoms with Gasteiger partial charge in [0.05, 0.1) is 5.39 Å². The molecule has 0 fully saturated rings. The van der Waals surface area contributed by atoms with Crippen LogP contribution in [0.3, 0.4) is 0 Å². The molecular formula is C23H22N2OS. The second kappa shape index (κ2) is 7.12. The Morgan fingerprint density at radius 1 is 0.926 bits per heavy atom. The van der Waals surface area contributed by atoms with Gasteiger partial charge >= 0.3 is 0 Å². The molecule has 0 atom stereocenters. The van der Waals surface area contributed by atoms with Crippen LogP contribution in [0.15, 0.2) is 54.2 Å². The topological polar surface area (TPSA) is 35.0 Å². The Balaban J connectivity index is 1.81. The van der Waals surface area contributed by atoms with E-state index in [-0.39, 0.29) is 0 Å². The monoisotopic (exact) mass is 374 g/mol. The predicted octanol–water partition coefficient (Wildman–Crippen LogP) is 6.89. The van der Waals surface area contributed by atoms with Gasteiger partial charge in [-0.15, -0.1) is 11.3 Å². The van der Waals surface area contributed by atoms with Crippen molar-refractivity contribution < 1.29 is 4.74 Å². The SMILES string of the molecule is Cc1ccc(-c2csc3ncnc(Oc4cc(C)cc(C(C)C)c4)c23)cc1. The minimum absolute atomic E-state index is 0.446. The molecule has 4 rings (SSSR count). The summed E-state index contributed by atoms with van der Waals surface area (Å²) in [6, 6.07) is 14.9. The van der Waals surface area contributed by atoms with Crippen LogP contribution < -0.4 is 4.74 Å². The van der Waals surface area contributed by atoms with Gasteiger partial charge in [-0.25, -0.2) is 9.97 Å². The minimum atomic E-state index is 0.446. The van der Waals surface area contributed by atoms with Crippen LogP contribution in [0, 0.1) is 13.8 Å². The van der Waals surface area contributed by atoms with E-state index in [1.165, 1.54) is 16.7 Å². The van der Waals surface area contributed by atoms with Gasteiger partial charge in [0.2, 0.25) is 5.88 Å². The third kappa shape index (κ3) is 3.58. The Morgan fingerprint density at radius 2 is 1.70 bits per heavy atom. The Kier molecular flexibility index (Phi) is 4.66. The molecule has 0 spiro atoms. The van der Waals surface area contributed by atoms with E-state index in [1.54, 1.807) is 17.7 Å². The first kappa shape index (κ1) is 17.7. The van der Waals surface area contributed by atoms with Crippen molar-refractivity contribution in [3.8, 4) is 22.8 Å². The lowest BCUT2D eigenvalue weighted by Crippen LogP contribution is -1.94. The molecule has 3 nitrogen and oxygen atoms in total. The van der Waals surface area contributed by atoms with Crippen LogP contribution in [0.1, 0.15) is 36.5 Å². The first-order valence-corrected chi connectivity index (χ1v) is 9.98. The molecule has 0 amide bonds. The smallest absolute Gasteiger partial charge is 0.231 e. The first-order chi connectivity index (χ1) is 13.0. The zero-order chi connectivity index (χ0) is 19.0. The number of aryl methyl sites for hydroxylation is 2. The van der Waals surface area contributed by atoms with Gasteiger partial charge in [-0.3, -0.25) is 0 Å². The number of ether oxygens (including phenoxy) is 1. The van der Waals surface area contributed by atoms with Gasteiger partial charge in [-0.2, -0.15) is 0 Å². The summed E-state index contributed by atoms with van der Waals surface area (Å²) in [6.07, 6.45) is 1.58. The summed E-state index contributed by atoms with van der Waals surface area (Å²) in [5.74, 6) is 1.87. The molecule has 0 aliphatic heterocycles. The maximum atomic E-state index is 6.26. The predicted molar refractivity (Wildman–Crippen MR) is 113 cm³/mol. The van der Waals surface area contributed by atoms with Crippen LogP contribution in [0.5, 0.6) is 11.6 Å². The molecule has 2 heterocycles.